The van der Waals surface area contributed by atoms with Crippen LogP contribution >= 0.6 is 23.6 Å². The van der Waals surface area contributed by atoms with Crippen molar-refractivity contribution in [1.82, 2.24) is 4.98 Å². The van der Waals surface area contributed by atoms with E-state index < -0.39 is 0 Å². The molecule has 2 rings (SSSR count). The maximum Gasteiger partial charge on any atom is 0.267 e. The molecule has 0 atom stereocenters. The molecule has 3 nitrogen and oxygen atoms in total. The van der Waals surface area contributed by atoms with Crippen molar-refractivity contribution in [3.8, 4) is 0 Å². The molecule has 0 radical (unpaired) electrons. The van der Waals surface area contributed by atoms with Gasteiger partial charge in [0.1, 0.15) is 4.88 Å². The van der Waals surface area contributed by atoms with Crippen LogP contribution in [0.15, 0.2) is 30.3 Å². The van der Waals surface area contributed by atoms with E-state index in [1.807, 2.05) is 37.3 Å². The normalized spacial score (nSPS) is 10.1. The Morgan fingerprint density at radius 2 is 2.06 bits per heavy atom. The summed E-state index contributed by atoms with van der Waals surface area (Å²) in [6, 6.07) is 9.35. The van der Waals surface area contributed by atoms with E-state index in [-0.39, 0.29) is 5.91 Å². The van der Waals surface area contributed by atoms with E-state index in [9.17, 15) is 4.79 Å². The third-order valence-electron chi connectivity index (χ3n) is 2.06. The minimum absolute atomic E-state index is 0.124. The molecule has 1 heterocycles. The highest BCUT2D eigenvalue weighted by molar-refractivity contribution is 7.73. The van der Waals surface area contributed by atoms with Crippen molar-refractivity contribution in [2.75, 3.05) is 5.32 Å². The van der Waals surface area contributed by atoms with Crippen LogP contribution in [0.5, 0.6) is 0 Å². The first-order valence-electron chi connectivity index (χ1n) is 4.73. The maximum absolute atomic E-state index is 11.9. The van der Waals surface area contributed by atoms with Gasteiger partial charge in [-0.3, -0.25) is 4.79 Å². The molecule has 2 aromatic rings. The van der Waals surface area contributed by atoms with E-state index in [2.05, 4.69) is 10.3 Å². The molecule has 0 aliphatic heterocycles. The SMILES string of the molecule is Cc1[nH]c(=S)sc1C(=O)Nc1ccccc1. The van der Waals surface area contributed by atoms with E-state index in [0.29, 0.717) is 8.83 Å². The van der Waals surface area contributed by atoms with Crippen LogP contribution in [0.4, 0.5) is 5.69 Å². The molecule has 0 aliphatic rings. The van der Waals surface area contributed by atoms with E-state index in [4.69, 9.17) is 12.2 Å². The molecular formula is C11H10N2OS2. The van der Waals surface area contributed by atoms with Gasteiger partial charge in [0.15, 0.2) is 3.95 Å². The van der Waals surface area contributed by atoms with Crippen LogP contribution < -0.4 is 5.32 Å². The number of para-hydroxylation sites is 1. The largest absolute Gasteiger partial charge is 0.340 e. The van der Waals surface area contributed by atoms with Gasteiger partial charge in [0, 0.05) is 11.4 Å². The molecule has 0 saturated heterocycles. The van der Waals surface area contributed by atoms with Crippen LogP contribution in [0, 0.1) is 10.9 Å². The first-order chi connectivity index (χ1) is 7.66. The molecule has 0 aliphatic carbocycles. The molecule has 0 fully saturated rings. The quantitative estimate of drug-likeness (QED) is 0.803. The Bertz CT molecular complexity index is 557. The number of benzene rings is 1. The highest BCUT2D eigenvalue weighted by Gasteiger charge is 2.11. The molecule has 16 heavy (non-hydrogen) atoms. The predicted octanol–water partition coefficient (Wildman–Crippen LogP) is 3.37. The fourth-order valence-corrected chi connectivity index (χ4v) is 2.47. The van der Waals surface area contributed by atoms with Gasteiger partial charge in [-0.25, -0.2) is 0 Å². The van der Waals surface area contributed by atoms with Crippen molar-refractivity contribution >= 4 is 35.1 Å². The molecule has 2 N–H and O–H groups in total. The number of carbonyl (C=O) groups excluding carboxylic acids is 1. The van der Waals surface area contributed by atoms with Crippen molar-refractivity contribution < 1.29 is 4.79 Å². The van der Waals surface area contributed by atoms with Crippen LogP contribution in [0.2, 0.25) is 0 Å². The zero-order valence-corrected chi connectivity index (χ0v) is 10.2. The minimum Gasteiger partial charge on any atom is -0.340 e. The fraction of sp³-hybridized carbons (Fsp3) is 0.0909. The van der Waals surface area contributed by atoms with Gasteiger partial charge in [0.25, 0.3) is 5.91 Å². The summed E-state index contributed by atoms with van der Waals surface area (Å²) in [4.78, 5) is 15.5. The average molecular weight is 250 g/mol. The van der Waals surface area contributed by atoms with E-state index in [0.717, 1.165) is 11.4 Å². The maximum atomic E-state index is 11.9. The molecule has 1 amide bonds. The van der Waals surface area contributed by atoms with E-state index in [1.54, 1.807) is 0 Å². The van der Waals surface area contributed by atoms with Gasteiger partial charge in [-0.15, -0.1) is 0 Å². The smallest absolute Gasteiger partial charge is 0.267 e. The molecule has 0 bridgehead atoms. The van der Waals surface area contributed by atoms with Crippen molar-refractivity contribution in [2.24, 2.45) is 0 Å². The molecule has 1 aromatic heterocycles. The number of hydrogen-bond donors (Lipinski definition) is 2. The number of nitrogens with one attached hydrogen (secondary N) is 2. The summed E-state index contributed by atoms with van der Waals surface area (Å²) in [7, 11) is 0. The number of rotatable bonds is 2. The molecular weight excluding hydrogens is 240 g/mol. The lowest BCUT2D eigenvalue weighted by atomic mass is 10.3. The highest BCUT2D eigenvalue weighted by atomic mass is 32.1. The summed E-state index contributed by atoms with van der Waals surface area (Å²) in [5, 5.41) is 2.82. The Hall–Kier alpha value is -1.46. The Morgan fingerprint density at radius 3 is 2.62 bits per heavy atom. The summed E-state index contributed by atoms with van der Waals surface area (Å²) in [6.07, 6.45) is 0. The number of aromatic amines is 1. The summed E-state index contributed by atoms with van der Waals surface area (Å²) < 4.78 is 0.621. The Balaban J connectivity index is 2.21. The van der Waals surface area contributed by atoms with Gasteiger partial charge in [-0.2, -0.15) is 0 Å². The van der Waals surface area contributed by atoms with Crippen LogP contribution in [0.25, 0.3) is 0 Å². The van der Waals surface area contributed by atoms with E-state index >= 15 is 0 Å². The molecule has 82 valence electrons. The van der Waals surface area contributed by atoms with E-state index in [1.165, 1.54) is 11.3 Å². The Morgan fingerprint density at radius 1 is 1.38 bits per heavy atom. The van der Waals surface area contributed by atoms with Crippen LogP contribution in [0.3, 0.4) is 0 Å². The second-order valence-corrected chi connectivity index (χ2v) is 4.98. The third kappa shape index (κ3) is 2.37. The predicted molar refractivity (Wildman–Crippen MR) is 68.6 cm³/mol. The molecule has 0 spiro atoms. The summed E-state index contributed by atoms with van der Waals surface area (Å²) in [5.41, 5.74) is 1.59. The van der Waals surface area contributed by atoms with Gasteiger partial charge < -0.3 is 10.3 Å². The summed E-state index contributed by atoms with van der Waals surface area (Å²) in [5.74, 6) is -0.124. The first-order valence-corrected chi connectivity index (χ1v) is 5.95. The van der Waals surface area contributed by atoms with Crippen LogP contribution in [-0.2, 0) is 0 Å². The second kappa shape index (κ2) is 4.59. The van der Waals surface area contributed by atoms with Gasteiger partial charge in [0.05, 0.1) is 0 Å². The molecule has 0 saturated carbocycles. The van der Waals surface area contributed by atoms with Crippen LogP contribution in [-0.4, -0.2) is 10.9 Å². The fourth-order valence-electron chi connectivity index (χ4n) is 1.33. The number of aryl methyl sites for hydroxylation is 1. The van der Waals surface area contributed by atoms with Gasteiger partial charge in [-0.1, -0.05) is 29.5 Å². The number of H-pyrrole nitrogens is 1. The topological polar surface area (TPSA) is 44.9 Å². The lowest BCUT2D eigenvalue weighted by molar-refractivity contribution is 0.103. The standard InChI is InChI=1S/C11H10N2OS2/c1-7-9(16-11(15)12-7)10(14)13-8-5-3-2-4-6-8/h2-6H,1H3,(H,12,15)(H,13,14). The zero-order chi connectivity index (χ0) is 11.5. The van der Waals surface area contributed by atoms with Crippen molar-refractivity contribution in [3.63, 3.8) is 0 Å². The van der Waals surface area contributed by atoms with Crippen LogP contribution in [0.1, 0.15) is 15.4 Å². The molecule has 0 unspecified atom stereocenters. The number of aromatic nitrogens is 1. The monoisotopic (exact) mass is 250 g/mol. The number of amides is 1. The number of anilines is 1. The Kier molecular flexibility index (Phi) is 3.17. The second-order valence-electron chi connectivity index (χ2n) is 3.29. The van der Waals surface area contributed by atoms with Gasteiger partial charge in [0.2, 0.25) is 0 Å². The van der Waals surface area contributed by atoms with Crippen molar-refractivity contribution in [3.05, 3.63) is 44.9 Å². The van der Waals surface area contributed by atoms with Gasteiger partial charge in [-0.05, 0) is 31.3 Å². The van der Waals surface area contributed by atoms with Gasteiger partial charge >= 0.3 is 0 Å². The highest BCUT2D eigenvalue weighted by Crippen LogP contribution is 2.16. The van der Waals surface area contributed by atoms with Crippen molar-refractivity contribution in [1.29, 1.82) is 0 Å². The summed E-state index contributed by atoms with van der Waals surface area (Å²) in [6.45, 7) is 1.84. The number of hydrogen-bond acceptors (Lipinski definition) is 3. The molecule has 1 aromatic carbocycles. The third-order valence-corrected chi connectivity index (χ3v) is 3.40. The lowest BCUT2D eigenvalue weighted by Gasteiger charge is -2.02. The van der Waals surface area contributed by atoms with Crippen molar-refractivity contribution in [2.45, 2.75) is 6.92 Å². The number of thiazole rings is 1. The lowest BCUT2D eigenvalue weighted by Crippen LogP contribution is -2.11. The Labute approximate surface area is 102 Å². The number of carbonyl (C=O) groups is 1. The first kappa shape index (κ1) is 11.0. The molecule has 5 heteroatoms. The minimum atomic E-state index is -0.124. The summed E-state index contributed by atoms with van der Waals surface area (Å²) >= 11 is 6.28. The average Bonchev–Trinajstić information content (AvgIpc) is 2.59. The zero-order valence-electron chi connectivity index (χ0n) is 8.61.